The van der Waals surface area contributed by atoms with Crippen molar-refractivity contribution < 1.29 is 4.52 Å². The largest absolute Gasteiger partial charge is 0.356 e. The molecule has 0 saturated carbocycles. The fourth-order valence-corrected chi connectivity index (χ4v) is 2.28. The molecular weight excluding hydrogens is 304 g/mol. The van der Waals surface area contributed by atoms with Crippen LogP contribution in [0, 0.1) is 0 Å². The molecule has 0 bridgehead atoms. The summed E-state index contributed by atoms with van der Waals surface area (Å²) in [5, 5.41) is 14.7. The molecular formula is C17H20N6O. The molecule has 0 fully saturated rings. The van der Waals surface area contributed by atoms with Crippen molar-refractivity contribution in [3.63, 3.8) is 0 Å². The number of aliphatic imine (C=N–C) groups is 1. The molecule has 0 amide bonds. The molecule has 0 saturated heterocycles. The summed E-state index contributed by atoms with van der Waals surface area (Å²) in [6.07, 6.45) is 1.77. The van der Waals surface area contributed by atoms with Gasteiger partial charge in [-0.05, 0) is 6.07 Å². The Balaban J connectivity index is 1.54. The van der Waals surface area contributed by atoms with Crippen LogP contribution >= 0.6 is 0 Å². The van der Waals surface area contributed by atoms with E-state index in [0.29, 0.717) is 19.0 Å². The highest BCUT2D eigenvalue weighted by Gasteiger charge is 2.07. The van der Waals surface area contributed by atoms with Gasteiger partial charge in [-0.1, -0.05) is 35.5 Å². The standard InChI is InChI=1S/C17H20N6O/c1-18-17(20-12-15-8-9-21-23(15)2)19-11-14-10-16(24-22-14)13-6-4-3-5-7-13/h3-10H,11-12H2,1-2H3,(H2,18,19,20). The van der Waals surface area contributed by atoms with Crippen LogP contribution in [-0.2, 0) is 20.1 Å². The van der Waals surface area contributed by atoms with E-state index >= 15 is 0 Å². The van der Waals surface area contributed by atoms with Crippen molar-refractivity contribution in [3.05, 3.63) is 60.0 Å². The van der Waals surface area contributed by atoms with Gasteiger partial charge in [0.2, 0.25) is 0 Å². The smallest absolute Gasteiger partial charge is 0.191 e. The second-order valence-electron chi connectivity index (χ2n) is 5.27. The van der Waals surface area contributed by atoms with Gasteiger partial charge >= 0.3 is 0 Å². The van der Waals surface area contributed by atoms with Crippen LogP contribution in [0.2, 0.25) is 0 Å². The number of aromatic nitrogens is 3. The molecule has 2 N–H and O–H groups in total. The Kier molecular flexibility index (Phi) is 4.90. The Morgan fingerprint density at radius 2 is 1.96 bits per heavy atom. The third-order valence-electron chi connectivity index (χ3n) is 3.64. The number of nitrogens with one attached hydrogen (secondary N) is 2. The molecule has 0 atom stereocenters. The molecule has 0 radical (unpaired) electrons. The van der Waals surface area contributed by atoms with Crippen LogP contribution < -0.4 is 10.6 Å². The number of guanidine groups is 1. The highest BCUT2D eigenvalue weighted by atomic mass is 16.5. The van der Waals surface area contributed by atoms with Crippen LogP contribution in [0.4, 0.5) is 0 Å². The van der Waals surface area contributed by atoms with Crippen molar-refractivity contribution in [2.75, 3.05) is 7.05 Å². The average molecular weight is 324 g/mol. The highest BCUT2D eigenvalue weighted by Crippen LogP contribution is 2.19. The van der Waals surface area contributed by atoms with Gasteiger partial charge in [-0.25, -0.2) is 0 Å². The summed E-state index contributed by atoms with van der Waals surface area (Å²) in [6.45, 7) is 1.17. The summed E-state index contributed by atoms with van der Waals surface area (Å²) in [6, 6.07) is 13.8. The molecule has 3 aromatic rings. The summed E-state index contributed by atoms with van der Waals surface area (Å²) < 4.78 is 7.21. The molecule has 2 aromatic heterocycles. The first kappa shape index (κ1) is 15.8. The molecule has 0 spiro atoms. The van der Waals surface area contributed by atoms with E-state index in [1.165, 1.54) is 0 Å². The summed E-state index contributed by atoms with van der Waals surface area (Å²) in [5.74, 6) is 1.45. The van der Waals surface area contributed by atoms with Gasteiger partial charge in [0.15, 0.2) is 11.7 Å². The second-order valence-corrected chi connectivity index (χ2v) is 5.27. The molecule has 2 heterocycles. The lowest BCUT2D eigenvalue weighted by Crippen LogP contribution is -2.36. The Labute approximate surface area is 140 Å². The molecule has 0 aliphatic carbocycles. The van der Waals surface area contributed by atoms with Crippen molar-refractivity contribution in [1.29, 1.82) is 0 Å². The molecule has 124 valence electrons. The number of benzene rings is 1. The maximum absolute atomic E-state index is 5.39. The predicted molar refractivity (Wildman–Crippen MR) is 92.2 cm³/mol. The van der Waals surface area contributed by atoms with Gasteiger partial charge in [0.05, 0.1) is 18.8 Å². The van der Waals surface area contributed by atoms with Gasteiger partial charge in [0.25, 0.3) is 0 Å². The molecule has 0 aliphatic heterocycles. The van der Waals surface area contributed by atoms with Crippen molar-refractivity contribution in [2.24, 2.45) is 12.0 Å². The molecule has 24 heavy (non-hydrogen) atoms. The lowest BCUT2D eigenvalue weighted by Gasteiger charge is -2.10. The third kappa shape index (κ3) is 3.81. The van der Waals surface area contributed by atoms with Gasteiger partial charge in [-0.2, -0.15) is 5.10 Å². The van der Waals surface area contributed by atoms with Crippen molar-refractivity contribution in [3.8, 4) is 11.3 Å². The number of nitrogens with zero attached hydrogens (tertiary/aromatic N) is 4. The fraction of sp³-hybridized carbons (Fsp3) is 0.235. The van der Waals surface area contributed by atoms with Crippen LogP contribution in [0.5, 0.6) is 0 Å². The van der Waals surface area contributed by atoms with Crippen LogP contribution in [0.1, 0.15) is 11.4 Å². The van der Waals surface area contributed by atoms with Gasteiger partial charge in [-0.3, -0.25) is 9.67 Å². The maximum Gasteiger partial charge on any atom is 0.191 e. The minimum Gasteiger partial charge on any atom is -0.356 e. The van der Waals surface area contributed by atoms with Crippen molar-refractivity contribution >= 4 is 5.96 Å². The SMILES string of the molecule is CN=C(NCc1cc(-c2ccccc2)on1)NCc1ccnn1C. The summed E-state index contributed by atoms with van der Waals surface area (Å²) in [4.78, 5) is 4.20. The minimum absolute atomic E-state index is 0.529. The number of hydrogen-bond donors (Lipinski definition) is 2. The predicted octanol–water partition coefficient (Wildman–Crippen LogP) is 1.94. The van der Waals surface area contributed by atoms with E-state index in [1.807, 2.05) is 54.2 Å². The van der Waals surface area contributed by atoms with E-state index < -0.39 is 0 Å². The zero-order valence-corrected chi connectivity index (χ0v) is 13.7. The zero-order chi connectivity index (χ0) is 16.8. The highest BCUT2D eigenvalue weighted by molar-refractivity contribution is 5.79. The molecule has 7 nitrogen and oxygen atoms in total. The van der Waals surface area contributed by atoms with E-state index in [1.54, 1.807) is 13.2 Å². The molecule has 0 unspecified atom stereocenters. The van der Waals surface area contributed by atoms with E-state index in [4.69, 9.17) is 4.52 Å². The van der Waals surface area contributed by atoms with E-state index in [0.717, 1.165) is 22.7 Å². The third-order valence-corrected chi connectivity index (χ3v) is 3.64. The van der Waals surface area contributed by atoms with Crippen LogP contribution in [-0.4, -0.2) is 27.9 Å². The molecule has 7 heteroatoms. The van der Waals surface area contributed by atoms with E-state index in [-0.39, 0.29) is 0 Å². The first-order valence-corrected chi connectivity index (χ1v) is 7.68. The first-order valence-electron chi connectivity index (χ1n) is 7.68. The van der Waals surface area contributed by atoms with Gasteiger partial charge in [0, 0.05) is 31.9 Å². The quantitative estimate of drug-likeness (QED) is 0.554. The monoisotopic (exact) mass is 324 g/mol. The van der Waals surface area contributed by atoms with Gasteiger partial charge in [0.1, 0.15) is 5.69 Å². The average Bonchev–Trinajstić information content (AvgIpc) is 3.25. The molecule has 1 aromatic carbocycles. The minimum atomic E-state index is 0.529. The topological polar surface area (TPSA) is 80.3 Å². The molecule has 3 rings (SSSR count). The van der Waals surface area contributed by atoms with Crippen molar-refractivity contribution in [2.45, 2.75) is 13.1 Å². The summed E-state index contributed by atoms with van der Waals surface area (Å²) in [5.41, 5.74) is 2.90. The Morgan fingerprint density at radius 1 is 1.17 bits per heavy atom. The first-order chi connectivity index (χ1) is 11.8. The fourth-order valence-electron chi connectivity index (χ4n) is 2.28. The molecule has 0 aliphatic rings. The number of aryl methyl sites for hydroxylation is 1. The lowest BCUT2D eigenvalue weighted by atomic mass is 10.2. The summed E-state index contributed by atoms with van der Waals surface area (Å²) in [7, 11) is 3.64. The lowest BCUT2D eigenvalue weighted by molar-refractivity contribution is 0.422. The maximum atomic E-state index is 5.39. The Morgan fingerprint density at radius 3 is 2.67 bits per heavy atom. The van der Waals surface area contributed by atoms with E-state index in [2.05, 4.69) is 25.9 Å². The van der Waals surface area contributed by atoms with Crippen LogP contribution in [0.15, 0.2) is 58.2 Å². The van der Waals surface area contributed by atoms with Crippen LogP contribution in [0.25, 0.3) is 11.3 Å². The second kappa shape index (κ2) is 7.45. The number of rotatable bonds is 5. The number of hydrogen-bond acceptors (Lipinski definition) is 4. The Hall–Kier alpha value is -3.09. The summed E-state index contributed by atoms with van der Waals surface area (Å²) >= 11 is 0. The van der Waals surface area contributed by atoms with E-state index in [9.17, 15) is 0 Å². The van der Waals surface area contributed by atoms with Gasteiger partial charge < -0.3 is 15.2 Å². The van der Waals surface area contributed by atoms with Crippen LogP contribution in [0.3, 0.4) is 0 Å². The Bertz CT molecular complexity index is 805. The van der Waals surface area contributed by atoms with Crippen molar-refractivity contribution in [1.82, 2.24) is 25.6 Å². The zero-order valence-electron chi connectivity index (χ0n) is 13.7. The normalized spacial score (nSPS) is 11.5. The van der Waals surface area contributed by atoms with Gasteiger partial charge in [-0.15, -0.1) is 0 Å².